The van der Waals surface area contributed by atoms with Gasteiger partial charge in [0.2, 0.25) is 0 Å². The van der Waals surface area contributed by atoms with E-state index in [2.05, 4.69) is 19.2 Å². The van der Waals surface area contributed by atoms with E-state index in [-0.39, 0.29) is 17.4 Å². The van der Waals surface area contributed by atoms with E-state index in [0.29, 0.717) is 25.4 Å². The van der Waals surface area contributed by atoms with E-state index in [1.54, 1.807) is 0 Å². The highest BCUT2D eigenvalue weighted by atomic mass is 16.5. The summed E-state index contributed by atoms with van der Waals surface area (Å²) in [4.78, 5) is 0. The molecule has 18 heavy (non-hydrogen) atoms. The smallest absolute Gasteiger partial charge is 0.0657 e. The maximum Gasteiger partial charge on any atom is 0.0657 e. The molecule has 0 bridgehead atoms. The lowest BCUT2D eigenvalue weighted by Gasteiger charge is -2.56. The van der Waals surface area contributed by atoms with Crippen LogP contribution in [-0.2, 0) is 9.47 Å². The molecule has 0 spiro atoms. The minimum Gasteiger partial charge on any atom is -0.396 e. The standard InChI is InChI=1S/C14H27NO3/c1-4-14(5-2)11(6-12(14)17-3)15-7-13(8-16)9-18-10-13/h11-12,15-16H,4-10H2,1-3H3. The number of aliphatic hydroxyl groups is 1. The Bertz CT molecular complexity index is 269. The fourth-order valence-electron chi connectivity index (χ4n) is 3.54. The first kappa shape index (κ1) is 14.3. The van der Waals surface area contributed by atoms with Crippen molar-refractivity contribution in [3.63, 3.8) is 0 Å². The number of hydrogen-bond acceptors (Lipinski definition) is 4. The highest BCUT2D eigenvalue weighted by molar-refractivity contribution is 5.07. The highest BCUT2D eigenvalue weighted by Crippen LogP contribution is 2.48. The van der Waals surface area contributed by atoms with Gasteiger partial charge in [-0.3, -0.25) is 0 Å². The fourth-order valence-corrected chi connectivity index (χ4v) is 3.54. The fraction of sp³-hybridized carbons (Fsp3) is 1.00. The van der Waals surface area contributed by atoms with E-state index in [0.717, 1.165) is 25.8 Å². The Morgan fingerprint density at radius 3 is 2.39 bits per heavy atom. The van der Waals surface area contributed by atoms with Gasteiger partial charge in [-0.25, -0.2) is 0 Å². The van der Waals surface area contributed by atoms with E-state index < -0.39 is 0 Å². The van der Waals surface area contributed by atoms with Crippen LogP contribution in [0.5, 0.6) is 0 Å². The first-order valence-corrected chi connectivity index (χ1v) is 7.11. The summed E-state index contributed by atoms with van der Waals surface area (Å²) in [7, 11) is 1.82. The number of methoxy groups -OCH3 is 1. The Hall–Kier alpha value is -0.160. The van der Waals surface area contributed by atoms with Gasteiger partial charge >= 0.3 is 0 Å². The van der Waals surface area contributed by atoms with Crippen LogP contribution in [-0.4, -0.2) is 50.7 Å². The Labute approximate surface area is 110 Å². The lowest BCUT2D eigenvalue weighted by molar-refractivity contribution is -0.153. The molecule has 2 atom stereocenters. The number of nitrogens with one attached hydrogen (secondary N) is 1. The summed E-state index contributed by atoms with van der Waals surface area (Å²) in [5.41, 5.74) is 0.237. The molecule has 2 rings (SSSR count). The Morgan fingerprint density at radius 2 is 2.00 bits per heavy atom. The molecule has 0 aromatic rings. The van der Waals surface area contributed by atoms with Gasteiger partial charge in [-0.15, -0.1) is 0 Å². The molecule has 2 unspecified atom stereocenters. The summed E-state index contributed by atoms with van der Waals surface area (Å²) in [5, 5.41) is 13.1. The average Bonchev–Trinajstić information content (AvgIpc) is 2.33. The third-order valence-electron chi connectivity index (χ3n) is 5.26. The van der Waals surface area contributed by atoms with Crippen molar-refractivity contribution in [3.05, 3.63) is 0 Å². The minimum absolute atomic E-state index is 0.0363. The van der Waals surface area contributed by atoms with Crippen molar-refractivity contribution in [3.8, 4) is 0 Å². The summed E-state index contributed by atoms with van der Waals surface area (Å²) in [6.45, 7) is 6.93. The molecule has 0 amide bonds. The van der Waals surface area contributed by atoms with Gasteiger partial charge < -0.3 is 19.9 Å². The molecule has 1 aliphatic carbocycles. The average molecular weight is 257 g/mol. The molecule has 106 valence electrons. The molecule has 2 fully saturated rings. The van der Waals surface area contributed by atoms with Gasteiger partial charge in [0.15, 0.2) is 0 Å². The van der Waals surface area contributed by atoms with Crippen LogP contribution < -0.4 is 5.32 Å². The molecule has 4 nitrogen and oxygen atoms in total. The molecule has 0 aromatic carbocycles. The predicted molar refractivity (Wildman–Crippen MR) is 70.6 cm³/mol. The molecule has 0 radical (unpaired) electrons. The van der Waals surface area contributed by atoms with E-state index >= 15 is 0 Å². The SMILES string of the molecule is CCC1(CC)C(NCC2(CO)COC2)CC1OC. The zero-order valence-corrected chi connectivity index (χ0v) is 11.9. The van der Waals surface area contributed by atoms with Gasteiger partial charge in [0.1, 0.15) is 0 Å². The Morgan fingerprint density at radius 1 is 1.33 bits per heavy atom. The molecule has 2 N–H and O–H groups in total. The Kier molecular flexibility index (Phi) is 4.32. The first-order valence-electron chi connectivity index (χ1n) is 7.11. The largest absolute Gasteiger partial charge is 0.396 e. The third kappa shape index (κ3) is 2.09. The summed E-state index contributed by atoms with van der Waals surface area (Å²) >= 11 is 0. The molecule has 1 heterocycles. The molecule has 2 aliphatic rings. The van der Waals surface area contributed by atoms with Crippen LogP contribution in [0.15, 0.2) is 0 Å². The maximum atomic E-state index is 9.44. The zero-order valence-electron chi connectivity index (χ0n) is 11.9. The minimum atomic E-state index is -0.0363. The van der Waals surface area contributed by atoms with Crippen molar-refractivity contribution >= 4 is 0 Å². The molecule has 1 saturated carbocycles. The topological polar surface area (TPSA) is 50.7 Å². The van der Waals surface area contributed by atoms with Crippen LogP contribution in [0.3, 0.4) is 0 Å². The van der Waals surface area contributed by atoms with E-state index in [1.807, 2.05) is 7.11 Å². The van der Waals surface area contributed by atoms with Crippen LogP contribution in [0, 0.1) is 10.8 Å². The molecule has 4 heteroatoms. The van der Waals surface area contributed by atoms with Gasteiger partial charge in [-0.1, -0.05) is 13.8 Å². The second kappa shape index (κ2) is 5.45. The van der Waals surface area contributed by atoms with Crippen molar-refractivity contribution < 1.29 is 14.6 Å². The molecule has 1 aliphatic heterocycles. The van der Waals surface area contributed by atoms with E-state index in [1.165, 1.54) is 0 Å². The van der Waals surface area contributed by atoms with Crippen molar-refractivity contribution in [1.82, 2.24) is 5.32 Å². The first-order chi connectivity index (χ1) is 8.66. The molecular weight excluding hydrogens is 230 g/mol. The van der Waals surface area contributed by atoms with E-state index in [4.69, 9.17) is 9.47 Å². The van der Waals surface area contributed by atoms with Crippen LogP contribution >= 0.6 is 0 Å². The predicted octanol–water partition coefficient (Wildman–Crippen LogP) is 1.18. The lowest BCUT2D eigenvalue weighted by Crippen LogP contribution is -2.65. The number of hydrogen-bond donors (Lipinski definition) is 2. The monoisotopic (exact) mass is 257 g/mol. The Balaban J connectivity index is 1.90. The van der Waals surface area contributed by atoms with Crippen molar-refractivity contribution in [1.29, 1.82) is 0 Å². The van der Waals surface area contributed by atoms with Crippen LogP contribution in [0.25, 0.3) is 0 Å². The van der Waals surface area contributed by atoms with Crippen LogP contribution in [0.4, 0.5) is 0 Å². The second-order valence-electron chi connectivity index (χ2n) is 5.98. The van der Waals surface area contributed by atoms with E-state index in [9.17, 15) is 5.11 Å². The van der Waals surface area contributed by atoms with Gasteiger partial charge in [0.25, 0.3) is 0 Å². The summed E-state index contributed by atoms with van der Waals surface area (Å²) in [5.74, 6) is 0. The number of rotatable bonds is 7. The second-order valence-corrected chi connectivity index (χ2v) is 5.98. The molecule has 0 aromatic heterocycles. The normalized spacial score (nSPS) is 32.7. The third-order valence-corrected chi connectivity index (χ3v) is 5.26. The number of aliphatic hydroxyl groups excluding tert-OH is 1. The molecular formula is C14H27NO3. The number of ether oxygens (including phenoxy) is 2. The molecule has 1 saturated heterocycles. The van der Waals surface area contributed by atoms with Crippen molar-refractivity contribution in [2.75, 3.05) is 33.5 Å². The lowest BCUT2D eigenvalue weighted by atomic mass is 9.58. The van der Waals surface area contributed by atoms with Crippen LogP contribution in [0.1, 0.15) is 33.1 Å². The van der Waals surface area contributed by atoms with Gasteiger partial charge in [0, 0.05) is 25.1 Å². The van der Waals surface area contributed by atoms with Crippen LogP contribution in [0.2, 0.25) is 0 Å². The van der Waals surface area contributed by atoms with Gasteiger partial charge in [-0.2, -0.15) is 0 Å². The maximum absolute atomic E-state index is 9.44. The van der Waals surface area contributed by atoms with Gasteiger partial charge in [0.05, 0.1) is 31.3 Å². The zero-order chi connectivity index (χ0) is 13.2. The summed E-state index contributed by atoms with van der Waals surface area (Å²) in [6.07, 6.45) is 3.75. The highest BCUT2D eigenvalue weighted by Gasteiger charge is 2.53. The quantitative estimate of drug-likeness (QED) is 0.719. The van der Waals surface area contributed by atoms with Crippen molar-refractivity contribution in [2.45, 2.75) is 45.3 Å². The van der Waals surface area contributed by atoms with Crippen molar-refractivity contribution in [2.24, 2.45) is 10.8 Å². The van der Waals surface area contributed by atoms with Gasteiger partial charge in [-0.05, 0) is 19.3 Å². The summed E-state index contributed by atoms with van der Waals surface area (Å²) in [6, 6.07) is 0.515. The summed E-state index contributed by atoms with van der Waals surface area (Å²) < 4.78 is 10.8.